The van der Waals surface area contributed by atoms with E-state index in [2.05, 4.69) is 11.8 Å². The van der Waals surface area contributed by atoms with Gasteiger partial charge in [-0.05, 0) is 12.1 Å². The number of halogens is 1. The van der Waals surface area contributed by atoms with Gasteiger partial charge in [-0.25, -0.2) is 0 Å². The predicted octanol–water partition coefficient (Wildman–Crippen LogP) is 1.23. The predicted molar refractivity (Wildman–Crippen MR) is 51.8 cm³/mol. The van der Waals surface area contributed by atoms with E-state index in [1.54, 1.807) is 18.2 Å². The van der Waals surface area contributed by atoms with Crippen molar-refractivity contribution in [3.8, 4) is 11.8 Å². The Morgan fingerprint density at radius 1 is 1.42 bits per heavy atom. The van der Waals surface area contributed by atoms with Gasteiger partial charge in [-0.15, -0.1) is 0 Å². The van der Waals surface area contributed by atoms with Crippen molar-refractivity contribution in [1.29, 1.82) is 0 Å². The van der Waals surface area contributed by atoms with E-state index >= 15 is 0 Å². The molecule has 62 valence electrons. The van der Waals surface area contributed by atoms with Crippen LogP contribution in [0.4, 0.5) is 5.69 Å². The van der Waals surface area contributed by atoms with E-state index in [0.717, 1.165) is 0 Å². The van der Waals surface area contributed by atoms with Crippen LogP contribution >= 0.6 is 11.6 Å². The van der Waals surface area contributed by atoms with E-state index in [1.165, 1.54) is 0 Å². The summed E-state index contributed by atoms with van der Waals surface area (Å²) in [5.74, 6) is 5.51. The zero-order valence-electron chi connectivity index (χ0n) is 6.47. The van der Waals surface area contributed by atoms with Crippen LogP contribution < -0.4 is 11.5 Å². The molecule has 0 fully saturated rings. The minimum Gasteiger partial charge on any atom is -0.398 e. The van der Waals surface area contributed by atoms with E-state index in [1.807, 2.05) is 0 Å². The average Bonchev–Trinajstić information content (AvgIpc) is 2.04. The second-order valence-electron chi connectivity index (χ2n) is 2.21. The summed E-state index contributed by atoms with van der Waals surface area (Å²) in [4.78, 5) is 0. The largest absolute Gasteiger partial charge is 0.398 e. The van der Waals surface area contributed by atoms with Gasteiger partial charge in [-0.3, -0.25) is 0 Å². The fourth-order valence-electron chi connectivity index (χ4n) is 0.812. The summed E-state index contributed by atoms with van der Waals surface area (Å²) >= 11 is 5.84. The van der Waals surface area contributed by atoms with Crippen LogP contribution in [0.15, 0.2) is 18.2 Å². The van der Waals surface area contributed by atoms with Crippen LogP contribution in [0.1, 0.15) is 5.56 Å². The van der Waals surface area contributed by atoms with E-state index in [-0.39, 0.29) is 0 Å². The van der Waals surface area contributed by atoms with Gasteiger partial charge in [0, 0.05) is 5.69 Å². The second kappa shape index (κ2) is 4.01. The zero-order chi connectivity index (χ0) is 8.97. The van der Waals surface area contributed by atoms with Gasteiger partial charge in [0.05, 0.1) is 17.1 Å². The highest BCUT2D eigenvalue weighted by atomic mass is 35.5. The first-order valence-corrected chi connectivity index (χ1v) is 3.86. The van der Waals surface area contributed by atoms with Gasteiger partial charge in [0.15, 0.2) is 0 Å². The van der Waals surface area contributed by atoms with Crippen molar-refractivity contribution >= 4 is 17.3 Å². The topological polar surface area (TPSA) is 52.0 Å². The van der Waals surface area contributed by atoms with Crippen LogP contribution in [0.25, 0.3) is 0 Å². The third-order valence-corrected chi connectivity index (χ3v) is 1.68. The fourth-order valence-corrected chi connectivity index (χ4v) is 1.04. The first-order valence-electron chi connectivity index (χ1n) is 3.48. The number of hydrogen-bond donors (Lipinski definition) is 2. The Balaban J connectivity index is 3.13. The molecule has 0 atom stereocenters. The van der Waals surface area contributed by atoms with Gasteiger partial charge >= 0.3 is 0 Å². The summed E-state index contributed by atoms with van der Waals surface area (Å²) in [5, 5.41) is 0.566. The van der Waals surface area contributed by atoms with Crippen LogP contribution in [0, 0.1) is 11.8 Å². The van der Waals surface area contributed by atoms with E-state index in [4.69, 9.17) is 23.1 Å². The normalized spacial score (nSPS) is 8.83. The Labute approximate surface area is 76.5 Å². The molecule has 4 N–H and O–H groups in total. The summed E-state index contributed by atoms with van der Waals surface area (Å²) in [6.07, 6.45) is 0. The molecule has 0 heterocycles. The van der Waals surface area contributed by atoms with Gasteiger partial charge in [0.25, 0.3) is 0 Å². The lowest BCUT2D eigenvalue weighted by Crippen LogP contribution is -1.95. The van der Waals surface area contributed by atoms with Gasteiger partial charge in [-0.1, -0.05) is 29.5 Å². The molecule has 0 saturated heterocycles. The van der Waals surface area contributed by atoms with Gasteiger partial charge in [-0.2, -0.15) is 0 Å². The Hall–Kier alpha value is -1.17. The summed E-state index contributed by atoms with van der Waals surface area (Å²) in [6, 6.07) is 5.29. The average molecular weight is 181 g/mol. The molecule has 0 aliphatic heterocycles. The van der Waals surface area contributed by atoms with Crippen molar-refractivity contribution in [2.24, 2.45) is 5.73 Å². The Morgan fingerprint density at radius 2 is 2.17 bits per heavy atom. The minimum absolute atomic E-state index is 0.310. The van der Waals surface area contributed by atoms with E-state index in [9.17, 15) is 0 Å². The smallest absolute Gasteiger partial charge is 0.0661 e. The lowest BCUT2D eigenvalue weighted by Gasteiger charge is -1.98. The highest BCUT2D eigenvalue weighted by Gasteiger charge is 1.98. The molecule has 0 bridgehead atoms. The summed E-state index contributed by atoms with van der Waals surface area (Å²) in [7, 11) is 0. The highest BCUT2D eigenvalue weighted by Crippen LogP contribution is 2.20. The number of anilines is 1. The SMILES string of the molecule is NCC#Cc1c(N)cccc1Cl. The van der Waals surface area contributed by atoms with E-state index < -0.39 is 0 Å². The Bertz CT molecular complexity index is 316. The highest BCUT2D eigenvalue weighted by molar-refractivity contribution is 6.32. The maximum Gasteiger partial charge on any atom is 0.0661 e. The molecule has 0 aromatic heterocycles. The van der Waals surface area contributed by atoms with Gasteiger partial charge < -0.3 is 11.5 Å². The first-order chi connectivity index (χ1) is 5.75. The van der Waals surface area contributed by atoms with Crippen LogP contribution in [0.2, 0.25) is 5.02 Å². The van der Waals surface area contributed by atoms with Crippen LogP contribution in [0.3, 0.4) is 0 Å². The van der Waals surface area contributed by atoms with Crippen molar-refractivity contribution in [2.75, 3.05) is 12.3 Å². The van der Waals surface area contributed by atoms with Crippen molar-refractivity contribution in [2.45, 2.75) is 0 Å². The lowest BCUT2D eigenvalue weighted by molar-refractivity contribution is 1.30. The van der Waals surface area contributed by atoms with Crippen molar-refractivity contribution in [3.63, 3.8) is 0 Å². The molecule has 0 aliphatic carbocycles. The van der Waals surface area contributed by atoms with Crippen LogP contribution in [0.5, 0.6) is 0 Å². The number of nitrogen functional groups attached to an aromatic ring is 1. The number of hydrogen-bond acceptors (Lipinski definition) is 2. The first kappa shape index (κ1) is 8.92. The second-order valence-corrected chi connectivity index (χ2v) is 2.62. The number of rotatable bonds is 0. The third kappa shape index (κ3) is 1.91. The summed E-state index contributed by atoms with van der Waals surface area (Å²) in [5.41, 5.74) is 12.1. The van der Waals surface area contributed by atoms with Crippen molar-refractivity contribution in [3.05, 3.63) is 28.8 Å². The molecular formula is C9H9ClN2. The molecule has 12 heavy (non-hydrogen) atoms. The molecule has 0 aliphatic rings. The molecule has 0 amide bonds. The monoisotopic (exact) mass is 180 g/mol. The standard InChI is InChI=1S/C9H9ClN2/c10-8-4-1-5-9(12)7(8)3-2-6-11/h1,4-5H,6,11-12H2. The molecule has 0 saturated carbocycles. The zero-order valence-corrected chi connectivity index (χ0v) is 7.23. The summed E-state index contributed by atoms with van der Waals surface area (Å²) < 4.78 is 0. The maximum atomic E-state index is 5.84. The maximum absolute atomic E-state index is 5.84. The molecule has 3 heteroatoms. The van der Waals surface area contributed by atoms with Gasteiger partial charge in [0.1, 0.15) is 0 Å². The quantitative estimate of drug-likeness (QED) is 0.466. The lowest BCUT2D eigenvalue weighted by atomic mass is 10.2. The van der Waals surface area contributed by atoms with Crippen molar-refractivity contribution < 1.29 is 0 Å². The Morgan fingerprint density at radius 3 is 2.75 bits per heavy atom. The molecule has 2 nitrogen and oxygen atoms in total. The number of benzene rings is 1. The molecule has 1 aromatic carbocycles. The van der Waals surface area contributed by atoms with Gasteiger partial charge in [0.2, 0.25) is 0 Å². The molecule has 0 spiro atoms. The molecule has 1 rings (SSSR count). The third-order valence-electron chi connectivity index (χ3n) is 1.36. The molecule has 0 radical (unpaired) electrons. The Kier molecular flexibility index (Phi) is 2.98. The fraction of sp³-hybridized carbons (Fsp3) is 0.111. The van der Waals surface area contributed by atoms with Crippen LogP contribution in [-0.2, 0) is 0 Å². The number of nitrogens with two attached hydrogens (primary N) is 2. The molecule has 1 aromatic rings. The molecular weight excluding hydrogens is 172 g/mol. The van der Waals surface area contributed by atoms with Crippen LogP contribution in [-0.4, -0.2) is 6.54 Å². The summed E-state index contributed by atoms with van der Waals surface area (Å²) in [6.45, 7) is 0.310. The molecule has 0 unspecified atom stereocenters. The van der Waals surface area contributed by atoms with Crippen molar-refractivity contribution in [1.82, 2.24) is 0 Å². The van der Waals surface area contributed by atoms with E-state index in [0.29, 0.717) is 22.8 Å². The minimum atomic E-state index is 0.310.